The fourth-order valence-electron chi connectivity index (χ4n) is 0.718. The van der Waals surface area contributed by atoms with Crippen LogP contribution in [0.5, 0.6) is 0 Å². The molecule has 0 aromatic rings. The predicted molar refractivity (Wildman–Crippen MR) is 26.8 cm³/mol. The van der Waals surface area contributed by atoms with E-state index in [0.29, 0.717) is 13.0 Å². The van der Waals surface area contributed by atoms with E-state index in [1.165, 1.54) is 0 Å². The van der Waals surface area contributed by atoms with E-state index in [1.54, 1.807) is 0 Å². The van der Waals surface area contributed by atoms with Crippen molar-refractivity contribution in [2.45, 2.75) is 12.6 Å². The second kappa shape index (κ2) is 1.92. The van der Waals surface area contributed by atoms with Crippen molar-refractivity contribution in [3.63, 3.8) is 0 Å². The summed E-state index contributed by atoms with van der Waals surface area (Å²) >= 11 is 0. The van der Waals surface area contributed by atoms with Crippen LogP contribution in [0.1, 0.15) is 6.42 Å². The molecule has 0 aromatic heterocycles. The highest BCUT2D eigenvalue weighted by molar-refractivity contribution is 6.04. The molecule has 7 heavy (non-hydrogen) atoms. The van der Waals surface area contributed by atoms with Gasteiger partial charge in [-0.2, -0.15) is 0 Å². The third-order valence-electron chi connectivity index (χ3n) is 1.13. The van der Waals surface area contributed by atoms with Gasteiger partial charge < -0.3 is 4.57 Å². The first-order chi connectivity index (χ1) is 3.29. The van der Waals surface area contributed by atoms with Gasteiger partial charge in [-0.1, -0.05) is 0 Å². The van der Waals surface area contributed by atoms with Gasteiger partial charge in [0, 0.05) is 6.54 Å². The molecule has 1 saturated heterocycles. The lowest BCUT2D eigenvalue weighted by Gasteiger charge is -2.01. The van der Waals surface area contributed by atoms with E-state index in [9.17, 15) is 4.39 Å². The SMILES string of the molecule is FC1CCN([Si])C1. The van der Waals surface area contributed by atoms with Gasteiger partial charge in [-0.25, -0.2) is 4.39 Å². The molecule has 1 nitrogen and oxygen atoms in total. The molecule has 3 radical (unpaired) electrons. The second-order valence-electron chi connectivity index (χ2n) is 1.83. The highest BCUT2D eigenvalue weighted by Crippen LogP contribution is 2.07. The zero-order chi connectivity index (χ0) is 5.28. The zero-order valence-electron chi connectivity index (χ0n) is 4.02. The molecule has 39 valence electrons. The average Bonchev–Trinajstić information content (AvgIpc) is 1.87. The van der Waals surface area contributed by atoms with Crippen LogP contribution in [0.4, 0.5) is 4.39 Å². The maximum atomic E-state index is 12.1. The van der Waals surface area contributed by atoms with Gasteiger partial charge >= 0.3 is 0 Å². The summed E-state index contributed by atoms with van der Waals surface area (Å²) in [5, 5.41) is 0. The molecule has 1 unspecified atom stereocenters. The van der Waals surface area contributed by atoms with Gasteiger partial charge in [0.25, 0.3) is 0 Å². The second-order valence-corrected chi connectivity index (χ2v) is 2.46. The van der Waals surface area contributed by atoms with E-state index in [1.807, 2.05) is 4.57 Å². The van der Waals surface area contributed by atoms with E-state index < -0.39 is 6.17 Å². The van der Waals surface area contributed by atoms with E-state index in [-0.39, 0.29) is 0 Å². The molecule has 0 amide bonds. The van der Waals surface area contributed by atoms with Crippen LogP contribution in [0, 0.1) is 0 Å². The molecular weight excluding hydrogens is 109 g/mol. The summed E-state index contributed by atoms with van der Waals surface area (Å²) < 4.78 is 13.9. The van der Waals surface area contributed by atoms with Crippen molar-refractivity contribution in [2.24, 2.45) is 0 Å². The lowest BCUT2D eigenvalue weighted by molar-refractivity contribution is 0.347. The van der Waals surface area contributed by atoms with E-state index in [2.05, 4.69) is 10.4 Å². The van der Waals surface area contributed by atoms with Crippen LogP contribution in [0.3, 0.4) is 0 Å². The summed E-state index contributed by atoms with van der Waals surface area (Å²) in [6, 6.07) is 0. The Morgan fingerprint density at radius 2 is 2.43 bits per heavy atom. The smallest absolute Gasteiger partial charge is 0.143 e. The van der Waals surface area contributed by atoms with Gasteiger partial charge in [0.05, 0.1) is 0 Å². The number of hydrogen-bond donors (Lipinski definition) is 0. The van der Waals surface area contributed by atoms with Crippen LogP contribution in [-0.2, 0) is 0 Å². The fraction of sp³-hybridized carbons (Fsp3) is 1.00. The standard InChI is InChI=1S/C4H7FNSi/c5-4-1-2-6(7)3-4/h4H,1-3H2. The highest BCUT2D eigenvalue weighted by Gasteiger charge is 2.17. The first kappa shape index (κ1) is 5.25. The third-order valence-corrected chi connectivity index (χ3v) is 1.54. The largest absolute Gasteiger partial charge is 0.324 e. The Hall–Kier alpha value is 0.107. The minimum Gasteiger partial charge on any atom is -0.324 e. The van der Waals surface area contributed by atoms with Gasteiger partial charge in [-0.15, -0.1) is 0 Å². The third kappa shape index (κ3) is 1.24. The van der Waals surface area contributed by atoms with Crippen molar-refractivity contribution in [1.29, 1.82) is 0 Å². The number of nitrogens with zero attached hydrogens (tertiary/aromatic N) is 1. The minimum absolute atomic E-state index is 0.552. The molecule has 1 rings (SSSR count). The molecule has 1 atom stereocenters. The number of alkyl halides is 1. The van der Waals surface area contributed by atoms with Crippen LogP contribution in [0.25, 0.3) is 0 Å². The molecule has 0 N–H and O–H groups in total. The zero-order valence-corrected chi connectivity index (χ0v) is 5.02. The summed E-state index contributed by atoms with van der Waals surface area (Å²) in [5.74, 6) is 0. The molecule has 1 heterocycles. The van der Waals surface area contributed by atoms with Gasteiger partial charge in [0.15, 0.2) is 0 Å². The minimum atomic E-state index is -0.600. The summed E-state index contributed by atoms with van der Waals surface area (Å²) in [6.07, 6.45) is 0.0845. The van der Waals surface area contributed by atoms with Gasteiger partial charge in [0.2, 0.25) is 0 Å². The first-order valence-corrected chi connectivity index (χ1v) is 2.84. The van der Waals surface area contributed by atoms with Crippen LogP contribution in [0.2, 0.25) is 0 Å². The number of hydrogen-bond acceptors (Lipinski definition) is 1. The Morgan fingerprint density at radius 3 is 2.57 bits per heavy atom. The molecule has 1 aliphatic rings. The topological polar surface area (TPSA) is 3.24 Å². The molecule has 1 fully saturated rings. The molecule has 1 aliphatic heterocycles. The highest BCUT2D eigenvalue weighted by atomic mass is 28.2. The number of halogens is 1. The van der Waals surface area contributed by atoms with E-state index in [4.69, 9.17) is 0 Å². The number of rotatable bonds is 0. The van der Waals surface area contributed by atoms with Gasteiger partial charge in [-0.3, -0.25) is 0 Å². The molecule has 0 bridgehead atoms. The van der Waals surface area contributed by atoms with Crippen LogP contribution in [-0.4, -0.2) is 34.2 Å². The van der Waals surface area contributed by atoms with Crippen molar-refractivity contribution < 1.29 is 4.39 Å². The van der Waals surface area contributed by atoms with Gasteiger partial charge in [-0.05, 0) is 13.0 Å². The van der Waals surface area contributed by atoms with E-state index in [0.717, 1.165) is 6.54 Å². The Labute approximate surface area is 46.0 Å². The maximum Gasteiger partial charge on any atom is 0.143 e. The van der Waals surface area contributed by atoms with Crippen LogP contribution < -0.4 is 0 Å². The molecule has 0 aromatic carbocycles. The van der Waals surface area contributed by atoms with Crippen molar-refractivity contribution in [3.05, 3.63) is 0 Å². The Kier molecular flexibility index (Phi) is 1.44. The Morgan fingerprint density at radius 1 is 1.71 bits per heavy atom. The van der Waals surface area contributed by atoms with Crippen molar-refractivity contribution >= 4 is 10.4 Å². The van der Waals surface area contributed by atoms with Crippen molar-refractivity contribution in [1.82, 2.24) is 4.57 Å². The normalized spacial score (nSPS) is 34.3. The maximum absolute atomic E-state index is 12.1. The summed E-state index contributed by atoms with van der Waals surface area (Å²) in [7, 11) is 3.22. The molecule has 0 spiro atoms. The van der Waals surface area contributed by atoms with E-state index >= 15 is 0 Å². The Bertz CT molecular complexity index is 60.7. The average molecular weight is 116 g/mol. The van der Waals surface area contributed by atoms with Gasteiger partial charge in [0.1, 0.15) is 16.6 Å². The first-order valence-electron chi connectivity index (χ1n) is 2.39. The lowest BCUT2D eigenvalue weighted by Crippen LogP contribution is -2.16. The fourth-order valence-corrected chi connectivity index (χ4v) is 1.04. The quantitative estimate of drug-likeness (QED) is 0.406. The summed E-state index contributed by atoms with van der Waals surface area (Å²) in [6.45, 7) is 1.40. The summed E-state index contributed by atoms with van der Waals surface area (Å²) in [5.41, 5.74) is 0. The van der Waals surface area contributed by atoms with Crippen LogP contribution >= 0.6 is 0 Å². The Balaban J connectivity index is 2.26. The molecular formula is C4H7FNSi. The van der Waals surface area contributed by atoms with Crippen molar-refractivity contribution in [3.8, 4) is 0 Å². The molecule has 3 heteroatoms. The van der Waals surface area contributed by atoms with Crippen molar-refractivity contribution in [2.75, 3.05) is 13.1 Å². The van der Waals surface area contributed by atoms with Crippen LogP contribution in [0.15, 0.2) is 0 Å². The molecule has 0 aliphatic carbocycles. The monoisotopic (exact) mass is 116 g/mol. The lowest BCUT2D eigenvalue weighted by atomic mass is 10.4. The summed E-state index contributed by atoms with van der Waals surface area (Å²) in [4.78, 5) is 0. The predicted octanol–water partition coefficient (Wildman–Crippen LogP) is 0.114. The molecule has 0 saturated carbocycles.